The van der Waals surface area contributed by atoms with E-state index in [2.05, 4.69) is 29.5 Å². The maximum atomic E-state index is 10.9. The van der Waals surface area contributed by atoms with Crippen molar-refractivity contribution in [2.24, 2.45) is 5.92 Å². The Kier molecular flexibility index (Phi) is 4.88. The van der Waals surface area contributed by atoms with Gasteiger partial charge in [-0.05, 0) is 19.8 Å². The molecule has 18 heavy (non-hydrogen) atoms. The Balaban J connectivity index is 2.99. The van der Waals surface area contributed by atoms with Crippen molar-refractivity contribution < 1.29 is 4.92 Å². The van der Waals surface area contributed by atoms with Crippen molar-refractivity contribution in [1.29, 1.82) is 0 Å². The lowest BCUT2D eigenvalue weighted by Crippen LogP contribution is -2.22. The molecule has 0 saturated heterocycles. The Hall–Kier alpha value is -1.85. The van der Waals surface area contributed by atoms with E-state index in [0.29, 0.717) is 24.1 Å². The minimum Gasteiger partial charge on any atom is -0.370 e. The van der Waals surface area contributed by atoms with Gasteiger partial charge >= 0.3 is 0 Å². The summed E-state index contributed by atoms with van der Waals surface area (Å²) in [5.41, 5.74) is 0.0411. The molecule has 6 nitrogen and oxygen atoms in total. The fraction of sp³-hybridized carbons (Fsp3) is 0.583. The Bertz CT molecular complexity index is 421. The highest BCUT2D eigenvalue weighted by Crippen LogP contribution is 2.21. The summed E-state index contributed by atoms with van der Waals surface area (Å²) in [6, 6.07) is 3.10. The van der Waals surface area contributed by atoms with Crippen LogP contribution < -0.4 is 10.6 Å². The summed E-state index contributed by atoms with van der Waals surface area (Å²) in [4.78, 5) is 14.7. The first-order valence-electron chi connectivity index (χ1n) is 6.11. The van der Waals surface area contributed by atoms with E-state index in [9.17, 15) is 10.1 Å². The predicted octanol–water partition coefficient (Wildman–Crippen LogP) is 2.88. The molecule has 0 fully saturated rings. The molecular weight excluding hydrogens is 232 g/mol. The third kappa shape index (κ3) is 3.87. The van der Waals surface area contributed by atoms with E-state index in [-0.39, 0.29) is 11.7 Å². The van der Waals surface area contributed by atoms with Crippen LogP contribution >= 0.6 is 0 Å². The number of hydrogen-bond acceptors (Lipinski definition) is 5. The fourth-order valence-corrected chi connectivity index (χ4v) is 1.37. The van der Waals surface area contributed by atoms with Crippen molar-refractivity contribution in [1.82, 2.24) is 4.98 Å². The Morgan fingerprint density at radius 1 is 1.33 bits per heavy atom. The molecule has 0 aromatic carbocycles. The number of nitrogens with zero attached hydrogens (tertiary/aromatic N) is 2. The van der Waals surface area contributed by atoms with Crippen LogP contribution in [0.1, 0.15) is 27.7 Å². The van der Waals surface area contributed by atoms with Crippen molar-refractivity contribution in [3.63, 3.8) is 0 Å². The van der Waals surface area contributed by atoms with Crippen molar-refractivity contribution in [3.05, 3.63) is 22.2 Å². The summed E-state index contributed by atoms with van der Waals surface area (Å²) in [5, 5.41) is 17.0. The van der Waals surface area contributed by atoms with Crippen molar-refractivity contribution >= 4 is 17.3 Å². The van der Waals surface area contributed by atoms with Gasteiger partial charge in [-0.1, -0.05) is 13.8 Å². The highest BCUT2D eigenvalue weighted by atomic mass is 16.6. The molecule has 1 unspecified atom stereocenters. The highest BCUT2D eigenvalue weighted by molar-refractivity contribution is 5.54. The molecule has 2 N–H and O–H groups in total. The smallest absolute Gasteiger partial charge is 0.276 e. The number of hydrogen-bond donors (Lipinski definition) is 2. The van der Waals surface area contributed by atoms with E-state index < -0.39 is 4.92 Å². The van der Waals surface area contributed by atoms with Crippen molar-refractivity contribution in [2.45, 2.75) is 33.7 Å². The van der Waals surface area contributed by atoms with E-state index in [1.165, 1.54) is 12.1 Å². The van der Waals surface area contributed by atoms with Crippen LogP contribution in [0.15, 0.2) is 12.1 Å². The topological polar surface area (TPSA) is 80.1 Å². The number of nitrogens with one attached hydrogen (secondary N) is 2. The van der Waals surface area contributed by atoms with Gasteiger partial charge in [-0.2, -0.15) is 0 Å². The molecule has 1 aromatic rings. The summed E-state index contributed by atoms with van der Waals surface area (Å²) >= 11 is 0. The number of anilines is 2. The van der Waals surface area contributed by atoms with Gasteiger partial charge in [0.1, 0.15) is 11.6 Å². The van der Waals surface area contributed by atoms with Gasteiger partial charge in [0, 0.05) is 12.6 Å². The average molecular weight is 252 g/mol. The third-order valence-corrected chi connectivity index (χ3v) is 2.75. The minimum absolute atomic E-state index is 0.0411. The highest BCUT2D eigenvalue weighted by Gasteiger charge is 2.13. The molecule has 0 amide bonds. The monoisotopic (exact) mass is 252 g/mol. The lowest BCUT2D eigenvalue weighted by molar-refractivity contribution is -0.384. The summed E-state index contributed by atoms with van der Waals surface area (Å²) < 4.78 is 0. The first-order valence-corrected chi connectivity index (χ1v) is 6.11. The zero-order valence-corrected chi connectivity index (χ0v) is 11.2. The maximum Gasteiger partial charge on any atom is 0.276 e. The van der Waals surface area contributed by atoms with Crippen LogP contribution in [-0.2, 0) is 0 Å². The van der Waals surface area contributed by atoms with Gasteiger partial charge in [-0.15, -0.1) is 0 Å². The van der Waals surface area contributed by atoms with Gasteiger partial charge in [-0.25, -0.2) is 4.98 Å². The van der Waals surface area contributed by atoms with Crippen LogP contribution in [0.2, 0.25) is 0 Å². The minimum atomic E-state index is -0.409. The summed E-state index contributed by atoms with van der Waals surface area (Å²) in [7, 11) is 0. The van der Waals surface area contributed by atoms with Gasteiger partial charge in [0.2, 0.25) is 0 Å². The van der Waals surface area contributed by atoms with E-state index in [0.717, 1.165) is 0 Å². The molecule has 0 radical (unpaired) electrons. The Morgan fingerprint density at radius 3 is 2.44 bits per heavy atom. The first-order chi connectivity index (χ1) is 8.43. The fourth-order valence-electron chi connectivity index (χ4n) is 1.37. The maximum absolute atomic E-state index is 10.9. The summed E-state index contributed by atoms with van der Waals surface area (Å²) in [6.07, 6.45) is 0. The summed E-state index contributed by atoms with van der Waals surface area (Å²) in [5.74, 6) is 1.47. The van der Waals surface area contributed by atoms with Crippen LogP contribution in [0, 0.1) is 16.0 Å². The van der Waals surface area contributed by atoms with Gasteiger partial charge in [0.05, 0.1) is 17.1 Å². The molecular formula is C12H20N4O2. The van der Waals surface area contributed by atoms with E-state index in [4.69, 9.17) is 0 Å². The van der Waals surface area contributed by atoms with Crippen LogP contribution in [0.3, 0.4) is 0 Å². The largest absolute Gasteiger partial charge is 0.370 e. The van der Waals surface area contributed by atoms with Crippen molar-refractivity contribution in [2.75, 3.05) is 17.2 Å². The molecule has 0 aliphatic heterocycles. The number of rotatable bonds is 6. The lowest BCUT2D eigenvalue weighted by atomic mass is 10.1. The predicted molar refractivity (Wildman–Crippen MR) is 73.0 cm³/mol. The van der Waals surface area contributed by atoms with Crippen LogP contribution in [0.4, 0.5) is 17.3 Å². The molecule has 1 atom stereocenters. The van der Waals surface area contributed by atoms with Gasteiger partial charge < -0.3 is 10.6 Å². The zero-order valence-electron chi connectivity index (χ0n) is 11.2. The molecule has 0 spiro atoms. The zero-order chi connectivity index (χ0) is 13.7. The lowest BCUT2D eigenvalue weighted by Gasteiger charge is -2.18. The number of aromatic nitrogens is 1. The SMILES string of the molecule is CCNc1cc([N+](=O)[O-])cc(NC(C)C(C)C)n1. The van der Waals surface area contributed by atoms with E-state index in [1.807, 2.05) is 13.8 Å². The molecule has 0 bridgehead atoms. The first kappa shape index (κ1) is 14.2. The molecule has 1 heterocycles. The Morgan fingerprint density at radius 2 is 1.94 bits per heavy atom. The molecule has 6 heteroatoms. The van der Waals surface area contributed by atoms with Crippen LogP contribution in [-0.4, -0.2) is 22.5 Å². The standard InChI is InChI=1S/C12H20N4O2/c1-5-13-11-6-10(16(17)18)7-12(15-11)14-9(4)8(2)3/h6-9H,5H2,1-4H3,(H2,13,14,15). The second kappa shape index (κ2) is 6.18. The number of pyridine rings is 1. The molecule has 1 aromatic heterocycles. The number of nitro groups is 1. The van der Waals surface area contributed by atoms with Gasteiger partial charge in [-0.3, -0.25) is 10.1 Å². The van der Waals surface area contributed by atoms with Crippen LogP contribution in [0.25, 0.3) is 0 Å². The molecule has 100 valence electrons. The normalized spacial score (nSPS) is 12.3. The van der Waals surface area contributed by atoms with Gasteiger partial charge in [0.15, 0.2) is 0 Å². The second-order valence-electron chi connectivity index (χ2n) is 4.56. The quantitative estimate of drug-likeness (QED) is 0.601. The second-order valence-corrected chi connectivity index (χ2v) is 4.56. The third-order valence-electron chi connectivity index (χ3n) is 2.75. The van der Waals surface area contributed by atoms with Crippen molar-refractivity contribution in [3.8, 4) is 0 Å². The molecule has 0 aliphatic carbocycles. The van der Waals surface area contributed by atoms with Gasteiger partial charge in [0.25, 0.3) is 5.69 Å². The van der Waals surface area contributed by atoms with Crippen LogP contribution in [0.5, 0.6) is 0 Å². The Labute approximate surface area is 107 Å². The molecule has 0 saturated carbocycles. The van der Waals surface area contributed by atoms with E-state index >= 15 is 0 Å². The molecule has 0 aliphatic rings. The molecule has 1 rings (SSSR count). The van der Waals surface area contributed by atoms with E-state index in [1.54, 1.807) is 0 Å². The average Bonchev–Trinajstić information content (AvgIpc) is 2.28. The summed E-state index contributed by atoms with van der Waals surface area (Å²) in [6.45, 7) is 8.79.